The van der Waals surface area contributed by atoms with Gasteiger partial charge in [0, 0.05) is 10.9 Å². The van der Waals surface area contributed by atoms with Gasteiger partial charge in [-0.1, -0.05) is 0 Å². The third-order valence-corrected chi connectivity index (χ3v) is 4.45. The molecular weight excluding hydrogens is 234 g/mol. The number of aryl methyl sites for hydroxylation is 1. The molecule has 15 heavy (non-hydrogen) atoms. The molecule has 1 aliphatic rings. The maximum absolute atomic E-state index is 10.9. The lowest BCUT2D eigenvalue weighted by atomic mass is 9.99. The lowest BCUT2D eigenvalue weighted by Crippen LogP contribution is -2.15. The van der Waals surface area contributed by atoms with E-state index >= 15 is 0 Å². The largest absolute Gasteiger partial charge is 0.323 e. The van der Waals surface area contributed by atoms with Gasteiger partial charge in [-0.25, -0.2) is 18.5 Å². The highest BCUT2D eigenvalue weighted by molar-refractivity contribution is 7.88. The fraction of sp³-hybridized carbons (Fsp3) is 0.625. The van der Waals surface area contributed by atoms with Crippen molar-refractivity contribution in [2.75, 3.05) is 0 Å². The highest BCUT2D eigenvalue weighted by Gasteiger charge is 2.22. The standard InChI is InChI=1S/C8H13N3O2S2/c9-5-2-1-3-6-8(5)14-7(11-6)4-15(10,12)13/h5H,1-4,9H2,(H2,10,12,13). The van der Waals surface area contributed by atoms with Crippen LogP contribution in [0.5, 0.6) is 0 Å². The lowest BCUT2D eigenvalue weighted by molar-refractivity contribution is 0.573. The fourth-order valence-electron chi connectivity index (χ4n) is 1.74. The molecule has 0 spiro atoms. The van der Waals surface area contributed by atoms with E-state index in [9.17, 15) is 8.42 Å². The summed E-state index contributed by atoms with van der Waals surface area (Å²) < 4.78 is 21.8. The van der Waals surface area contributed by atoms with Crippen LogP contribution in [0.3, 0.4) is 0 Å². The SMILES string of the molecule is NC1CCCc2nc(CS(N)(=O)=O)sc21. The highest BCUT2D eigenvalue weighted by Crippen LogP contribution is 2.32. The number of primary sulfonamides is 1. The van der Waals surface area contributed by atoms with Crippen LogP contribution >= 0.6 is 11.3 Å². The van der Waals surface area contributed by atoms with E-state index in [0.29, 0.717) is 5.01 Å². The van der Waals surface area contributed by atoms with Crippen molar-refractivity contribution < 1.29 is 8.42 Å². The molecule has 0 fully saturated rings. The van der Waals surface area contributed by atoms with Crippen LogP contribution < -0.4 is 10.9 Å². The number of fused-ring (bicyclic) bond motifs is 1. The monoisotopic (exact) mass is 247 g/mol. The lowest BCUT2D eigenvalue weighted by Gasteiger charge is -2.15. The third-order valence-electron chi connectivity index (χ3n) is 2.36. The molecule has 0 aromatic carbocycles. The minimum atomic E-state index is -3.49. The zero-order valence-corrected chi connectivity index (χ0v) is 9.77. The maximum atomic E-state index is 10.9. The molecule has 1 unspecified atom stereocenters. The normalized spacial score (nSPS) is 21.3. The third kappa shape index (κ3) is 2.54. The van der Waals surface area contributed by atoms with Crippen molar-refractivity contribution in [1.29, 1.82) is 0 Å². The van der Waals surface area contributed by atoms with E-state index < -0.39 is 10.0 Å². The summed E-state index contributed by atoms with van der Waals surface area (Å²) in [5.74, 6) is -0.183. The van der Waals surface area contributed by atoms with Crippen LogP contribution in [0.25, 0.3) is 0 Å². The van der Waals surface area contributed by atoms with Gasteiger partial charge in [0.25, 0.3) is 0 Å². The van der Waals surface area contributed by atoms with Gasteiger partial charge in [0.05, 0.1) is 5.69 Å². The number of nitrogens with two attached hydrogens (primary N) is 2. The number of sulfonamides is 1. The van der Waals surface area contributed by atoms with Gasteiger partial charge in [0.2, 0.25) is 10.0 Å². The van der Waals surface area contributed by atoms with Gasteiger partial charge in [0.1, 0.15) is 10.8 Å². The molecule has 84 valence electrons. The molecule has 4 N–H and O–H groups in total. The van der Waals surface area contributed by atoms with E-state index in [1.54, 1.807) is 0 Å². The Morgan fingerprint density at radius 3 is 2.87 bits per heavy atom. The first kappa shape index (κ1) is 11.0. The van der Waals surface area contributed by atoms with Crippen molar-refractivity contribution in [3.63, 3.8) is 0 Å². The zero-order chi connectivity index (χ0) is 11.1. The Bertz CT molecular complexity index is 466. The van der Waals surface area contributed by atoms with Gasteiger partial charge in [-0.15, -0.1) is 11.3 Å². The molecule has 1 atom stereocenters. The number of nitrogens with zero attached hydrogens (tertiary/aromatic N) is 1. The molecule has 0 saturated heterocycles. The molecule has 1 aliphatic carbocycles. The van der Waals surface area contributed by atoms with Crippen LogP contribution in [0.2, 0.25) is 0 Å². The van der Waals surface area contributed by atoms with Crippen molar-refractivity contribution in [1.82, 2.24) is 4.98 Å². The first-order chi connectivity index (χ1) is 6.96. The first-order valence-electron chi connectivity index (χ1n) is 4.70. The van der Waals surface area contributed by atoms with Gasteiger partial charge in [-0.3, -0.25) is 0 Å². The van der Waals surface area contributed by atoms with Crippen LogP contribution in [0.1, 0.15) is 34.5 Å². The van der Waals surface area contributed by atoms with Crippen molar-refractivity contribution in [2.45, 2.75) is 31.1 Å². The Hall–Kier alpha value is -0.500. The van der Waals surface area contributed by atoms with Gasteiger partial charge in [0.15, 0.2) is 0 Å². The second kappa shape index (κ2) is 3.82. The quantitative estimate of drug-likeness (QED) is 0.783. The number of rotatable bonds is 2. The van der Waals surface area contributed by atoms with E-state index in [-0.39, 0.29) is 11.8 Å². The molecule has 2 rings (SSSR count). The average molecular weight is 247 g/mol. The summed E-state index contributed by atoms with van der Waals surface area (Å²) in [6, 6.07) is 0.0143. The minimum Gasteiger partial charge on any atom is -0.323 e. The minimum absolute atomic E-state index is 0.0143. The molecule has 0 radical (unpaired) electrons. The van der Waals surface area contributed by atoms with E-state index in [1.807, 2.05) is 0 Å². The van der Waals surface area contributed by atoms with Crippen molar-refractivity contribution in [2.24, 2.45) is 10.9 Å². The van der Waals surface area contributed by atoms with Crippen molar-refractivity contribution in [3.8, 4) is 0 Å². The second-order valence-electron chi connectivity index (χ2n) is 3.72. The van der Waals surface area contributed by atoms with Crippen molar-refractivity contribution >= 4 is 21.4 Å². The van der Waals surface area contributed by atoms with Gasteiger partial charge < -0.3 is 5.73 Å². The average Bonchev–Trinajstić information content (AvgIpc) is 2.45. The number of aromatic nitrogens is 1. The summed E-state index contributed by atoms with van der Waals surface area (Å²) in [5, 5.41) is 5.52. The summed E-state index contributed by atoms with van der Waals surface area (Å²) >= 11 is 1.38. The summed E-state index contributed by atoms with van der Waals surface area (Å²) in [6.45, 7) is 0. The molecule has 0 bridgehead atoms. The molecule has 5 nitrogen and oxygen atoms in total. The molecule has 1 aromatic heterocycles. The molecule has 7 heteroatoms. The highest BCUT2D eigenvalue weighted by atomic mass is 32.2. The Kier molecular flexibility index (Phi) is 2.80. The Morgan fingerprint density at radius 2 is 2.27 bits per heavy atom. The molecule has 0 saturated carbocycles. The van der Waals surface area contributed by atoms with E-state index in [4.69, 9.17) is 10.9 Å². The topological polar surface area (TPSA) is 99.1 Å². The molecular formula is C8H13N3O2S2. The first-order valence-corrected chi connectivity index (χ1v) is 7.23. The molecule has 1 aromatic rings. The number of thiazole rings is 1. The zero-order valence-electron chi connectivity index (χ0n) is 8.14. The Morgan fingerprint density at radius 1 is 1.53 bits per heavy atom. The van der Waals surface area contributed by atoms with E-state index in [2.05, 4.69) is 4.98 Å². The predicted octanol–water partition coefficient (Wildman–Crippen LogP) is 0.268. The van der Waals surface area contributed by atoms with Crippen LogP contribution in [-0.2, 0) is 22.2 Å². The van der Waals surface area contributed by atoms with Gasteiger partial charge >= 0.3 is 0 Å². The van der Waals surface area contributed by atoms with Crippen LogP contribution in [0.4, 0.5) is 0 Å². The predicted molar refractivity (Wildman–Crippen MR) is 58.8 cm³/mol. The van der Waals surface area contributed by atoms with Crippen molar-refractivity contribution in [3.05, 3.63) is 15.6 Å². The van der Waals surface area contributed by atoms with Crippen LogP contribution in [0, 0.1) is 0 Å². The van der Waals surface area contributed by atoms with E-state index in [1.165, 1.54) is 11.3 Å². The summed E-state index contributed by atoms with van der Waals surface area (Å²) in [7, 11) is -3.49. The summed E-state index contributed by atoms with van der Waals surface area (Å²) in [6.07, 6.45) is 2.86. The summed E-state index contributed by atoms with van der Waals surface area (Å²) in [5.41, 5.74) is 6.87. The molecule has 0 aliphatic heterocycles. The van der Waals surface area contributed by atoms with Gasteiger partial charge in [-0.05, 0) is 19.3 Å². The molecule has 0 amide bonds. The number of hydrogen-bond donors (Lipinski definition) is 2. The summed E-state index contributed by atoms with van der Waals surface area (Å²) in [4.78, 5) is 5.29. The second-order valence-corrected chi connectivity index (χ2v) is 6.45. The number of hydrogen-bond acceptors (Lipinski definition) is 5. The maximum Gasteiger partial charge on any atom is 0.215 e. The molecule has 1 heterocycles. The van der Waals surface area contributed by atoms with E-state index in [0.717, 1.165) is 29.8 Å². The Balaban J connectivity index is 2.29. The Labute approximate surface area is 92.6 Å². The smallest absolute Gasteiger partial charge is 0.215 e. The van der Waals surface area contributed by atoms with Crippen LogP contribution in [-0.4, -0.2) is 13.4 Å². The van der Waals surface area contributed by atoms with Crippen LogP contribution in [0.15, 0.2) is 0 Å². The fourth-order valence-corrected chi connectivity index (χ4v) is 3.82. The van der Waals surface area contributed by atoms with Gasteiger partial charge in [-0.2, -0.15) is 0 Å².